The van der Waals surface area contributed by atoms with Gasteiger partial charge in [0.2, 0.25) is 5.91 Å². The van der Waals surface area contributed by atoms with Crippen molar-refractivity contribution in [2.24, 2.45) is 0 Å². The minimum atomic E-state index is -0.261. The van der Waals surface area contributed by atoms with Crippen molar-refractivity contribution in [2.75, 3.05) is 0 Å². The van der Waals surface area contributed by atoms with Gasteiger partial charge in [-0.05, 0) is 18.9 Å². The van der Waals surface area contributed by atoms with Crippen LogP contribution in [0.1, 0.15) is 31.9 Å². The molecule has 0 saturated heterocycles. The molecule has 15 heavy (non-hydrogen) atoms. The molecule has 0 heterocycles. The van der Waals surface area contributed by atoms with Crippen LogP contribution in [0.2, 0.25) is 0 Å². The number of carbonyl (C=O) groups is 1. The number of carbonyl (C=O) groups excluding carboxylic acids is 1. The zero-order valence-corrected chi connectivity index (χ0v) is 10.00. The Morgan fingerprint density at radius 2 is 2.00 bits per heavy atom. The van der Waals surface area contributed by atoms with Crippen LogP contribution in [0.5, 0.6) is 0 Å². The van der Waals surface area contributed by atoms with Gasteiger partial charge in [-0.1, -0.05) is 37.3 Å². The van der Waals surface area contributed by atoms with E-state index in [0.717, 1.165) is 12.0 Å². The molecule has 0 fully saturated rings. The molecule has 1 N–H and O–H groups in total. The van der Waals surface area contributed by atoms with Crippen molar-refractivity contribution in [3.8, 4) is 0 Å². The topological polar surface area (TPSA) is 29.1 Å². The SMILES string of the molecule is CCC(NC(=O)C(C)S)c1ccccc1. The van der Waals surface area contributed by atoms with Crippen molar-refractivity contribution in [2.45, 2.75) is 31.6 Å². The fourth-order valence-electron chi connectivity index (χ4n) is 1.40. The monoisotopic (exact) mass is 223 g/mol. The van der Waals surface area contributed by atoms with Crippen molar-refractivity contribution < 1.29 is 4.79 Å². The van der Waals surface area contributed by atoms with Gasteiger partial charge in [0.25, 0.3) is 0 Å². The van der Waals surface area contributed by atoms with Gasteiger partial charge in [-0.2, -0.15) is 12.6 Å². The molecule has 2 unspecified atom stereocenters. The molecule has 0 radical (unpaired) electrons. The molecule has 0 aliphatic rings. The van der Waals surface area contributed by atoms with Crippen LogP contribution in [-0.2, 0) is 4.79 Å². The van der Waals surface area contributed by atoms with Crippen LogP contribution in [0.15, 0.2) is 30.3 Å². The number of hydrogen-bond donors (Lipinski definition) is 2. The first kappa shape index (κ1) is 12.1. The zero-order chi connectivity index (χ0) is 11.3. The lowest BCUT2D eigenvalue weighted by Gasteiger charge is -2.18. The minimum Gasteiger partial charge on any atom is -0.348 e. The number of hydrogen-bond acceptors (Lipinski definition) is 2. The maximum Gasteiger partial charge on any atom is 0.233 e. The Bertz CT molecular complexity index is 311. The van der Waals surface area contributed by atoms with E-state index in [-0.39, 0.29) is 17.2 Å². The van der Waals surface area contributed by atoms with E-state index in [1.165, 1.54) is 0 Å². The summed E-state index contributed by atoms with van der Waals surface area (Å²) in [5.41, 5.74) is 1.14. The highest BCUT2D eigenvalue weighted by Gasteiger charge is 2.14. The first-order valence-corrected chi connectivity index (χ1v) is 5.70. The minimum absolute atomic E-state index is 0.0194. The highest BCUT2D eigenvalue weighted by Crippen LogP contribution is 2.16. The Morgan fingerprint density at radius 3 is 2.47 bits per heavy atom. The molecule has 1 aromatic carbocycles. The molecule has 3 heteroatoms. The summed E-state index contributed by atoms with van der Waals surface area (Å²) in [6, 6.07) is 10.1. The van der Waals surface area contributed by atoms with Crippen molar-refractivity contribution in [1.29, 1.82) is 0 Å². The first-order valence-electron chi connectivity index (χ1n) is 5.18. The van der Waals surface area contributed by atoms with Gasteiger partial charge in [0.1, 0.15) is 0 Å². The van der Waals surface area contributed by atoms with E-state index in [4.69, 9.17) is 0 Å². The van der Waals surface area contributed by atoms with Crippen LogP contribution in [0.3, 0.4) is 0 Å². The van der Waals surface area contributed by atoms with Gasteiger partial charge in [-0.25, -0.2) is 0 Å². The molecule has 0 aromatic heterocycles. The number of rotatable bonds is 4. The van der Waals surface area contributed by atoms with Crippen LogP contribution in [0.25, 0.3) is 0 Å². The molecule has 2 nitrogen and oxygen atoms in total. The zero-order valence-electron chi connectivity index (χ0n) is 9.10. The fourth-order valence-corrected chi connectivity index (χ4v) is 1.47. The highest BCUT2D eigenvalue weighted by atomic mass is 32.1. The maximum absolute atomic E-state index is 11.5. The summed E-state index contributed by atoms with van der Waals surface area (Å²) in [5, 5.41) is 2.71. The largest absolute Gasteiger partial charge is 0.348 e. The molecular formula is C12H17NOS. The summed E-state index contributed by atoms with van der Waals surface area (Å²) < 4.78 is 0. The third-order valence-electron chi connectivity index (χ3n) is 2.31. The summed E-state index contributed by atoms with van der Waals surface area (Å²) in [6.07, 6.45) is 0.885. The third-order valence-corrected chi connectivity index (χ3v) is 2.54. The lowest BCUT2D eigenvalue weighted by atomic mass is 10.0. The number of amides is 1. The molecule has 1 aromatic rings. The van der Waals surface area contributed by atoms with E-state index >= 15 is 0 Å². The van der Waals surface area contributed by atoms with Crippen LogP contribution in [-0.4, -0.2) is 11.2 Å². The van der Waals surface area contributed by atoms with E-state index in [0.29, 0.717) is 0 Å². The third kappa shape index (κ3) is 3.59. The summed E-state index contributed by atoms with van der Waals surface area (Å²) in [5.74, 6) is -0.0194. The van der Waals surface area contributed by atoms with Gasteiger partial charge in [-0.3, -0.25) is 4.79 Å². The van der Waals surface area contributed by atoms with Crippen LogP contribution >= 0.6 is 12.6 Å². The quantitative estimate of drug-likeness (QED) is 0.755. The van der Waals surface area contributed by atoms with E-state index in [2.05, 4.69) is 24.9 Å². The Balaban J connectivity index is 2.69. The predicted molar refractivity (Wildman–Crippen MR) is 66.1 cm³/mol. The first-order chi connectivity index (χ1) is 7.15. The molecule has 2 atom stereocenters. The second-order valence-corrected chi connectivity index (χ2v) is 4.33. The van der Waals surface area contributed by atoms with Gasteiger partial charge < -0.3 is 5.32 Å². The Kier molecular flexibility index (Phi) is 4.69. The average molecular weight is 223 g/mol. The van der Waals surface area contributed by atoms with E-state index in [9.17, 15) is 4.79 Å². The Labute approximate surface area is 96.5 Å². The van der Waals surface area contributed by atoms with Crippen LogP contribution in [0, 0.1) is 0 Å². The molecular weight excluding hydrogens is 206 g/mol. The van der Waals surface area contributed by atoms with Crippen molar-refractivity contribution in [3.05, 3.63) is 35.9 Å². The van der Waals surface area contributed by atoms with E-state index in [1.54, 1.807) is 6.92 Å². The lowest BCUT2D eigenvalue weighted by molar-refractivity contribution is -0.121. The van der Waals surface area contributed by atoms with E-state index < -0.39 is 0 Å². The molecule has 82 valence electrons. The Hall–Kier alpha value is -0.960. The van der Waals surface area contributed by atoms with Crippen molar-refractivity contribution in [3.63, 3.8) is 0 Å². The predicted octanol–water partition coefficient (Wildman–Crippen LogP) is 2.57. The molecule has 1 rings (SSSR count). The second-order valence-electron chi connectivity index (χ2n) is 3.56. The summed E-state index contributed by atoms with van der Waals surface area (Å²) in [7, 11) is 0. The summed E-state index contributed by atoms with van der Waals surface area (Å²) in [6.45, 7) is 3.83. The molecule has 0 spiro atoms. The number of thiol groups is 1. The second kappa shape index (κ2) is 5.81. The summed E-state index contributed by atoms with van der Waals surface area (Å²) >= 11 is 4.11. The normalized spacial score (nSPS) is 14.3. The van der Waals surface area contributed by atoms with Gasteiger partial charge in [0, 0.05) is 0 Å². The highest BCUT2D eigenvalue weighted by molar-refractivity contribution is 7.81. The maximum atomic E-state index is 11.5. The van der Waals surface area contributed by atoms with Gasteiger partial charge in [0.05, 0.1) is 11.3 Å². The van der Waals surface area contributed by atoms with Gasteiger partial charge in [0.15, 0.2) is 0 Å². The lowest BCUT2D eigenvalue weighted by Crippen LogP contribution is -2.33. The van der Waals surface area contributed by atoms with Gasteiger partial charge >= 0.3 is 0 Å². The fraction of sp³-hybridized carbons (Fsp3) is 0.417. The molecule has 0 aliphatic heterocycles. The molecule has 1 amide bonds. The van der Waals surface area contributed by atoms with Crippen molar-refractivity contribution in [1.82, 2.24) is 5.32 Å². The number of benzene rings is 1. The molecule has 0 bridgehead atoms. The average Bonchev–Trinajstić information content (AvgIpc) is 2.26. The smallest absolute Gasteiger partial charge is 0.233 e. The van der Waals surface area contributed by atoms with Gasteiger partial charge in [-0.15, -0.1) is 0 Å². The standard InChI is InChI=1S/C12H17NOS/c1-3-11(13-12(14)9(2)15)10-7-5-4-6-8-10/h4-9,11,15H,3H2,1-2H3,(H,13,14). The summed E-state index contributed by atoms with van der Waals surface area (Å²) in [4.78, 5) is 11.5. The number of nitrogens with one attached hydrogen (secondary N) is 1. The van der Waals surface area contributed by atoms with Crippen LogP contribution in [0.4, 0.5) is 0 Å². The van der Waals surface area contributed by atoms with Crippen molar-refractivity contribution >= 4 is 18.5 Å². The molecule has 0 saturated carbocycles. The van der Waals surface area contributed by atoms with Crippen LogP contribution < -0.4 is 5.32 Å². The Morgan fingerprint density at radius 1 is 1.40 bits per heavy atom. The van der Waals surface area contributed by atoms with E-state index in [1.807, 2.05) is 30.3 Å². The molecule has 0 aliphatic carbocycles.